The van der Waals surface area contributed by atoms with Crippen LogP contribution in [0.25, 0.3) is 0 Å². The molecule has 1 N–H and O–H groups in total. The van der Waals surface area contributed by atoms with Crippen LogP contribution >= 0.6 is 15.9 Å². The van der Waals surface area contributed by atoms with Crippen LogP contribution in [-0.2, 0) is 9.53 Å². The Morgan fingerprint density at radius 2 is 1.74 bits per heavy atom. The molecule has 0 saturated carbocycles. The van der Waals surface area contributed by atoms with Crippen LogP contribution in [0.15, 0.2) is 28.7 Å². The second-order valence-electron chi connectivity index (χ2n) is 5.26. The van der Waals surface area contributed by atoms with Gasteiger partial charge in [-0.25, -0.2) is 4.79 Å². The van der Waals surface area contributed by atoms with E-state index < -0.39 is 17.6 Å². The van der Waals surface area contributed by atoms with Gasteiger partial charge in [0.15, 0.2) is 0 Å². The quantitative estimate of drug-likeness (QED) is 0.902. The minimum Gasteiger partial charge on any atom is -0.444 e. The Kier molecular flexibility index (Phi) is 5.11. The Morgan fingerprint density at radius 1 is 1.21 bits per heavy atom. The van der Waals surface area contributed by atoms with Crippen molar-refractivity contribution in [1.29, 1.82) is 0 Å². The third-order valence-electron chi connectivity index (χ3n) is 2.39. The molecule has 1 rings (SSSR count). The Hall–Kier alpha value is -1.36. The van der Waals surface area contributed by atoms with E-state index in [1.165, 1.54) is 0 Å². The van der Waals surface area contributed by atoms with Gasteiger partial charge >= 0.3 is 6.09 Å². The van der Waals surface area contributed by atoms with Crippen molar-refractivity contribution in [3.63, 3.8) is 0 Å². The molecule has 4 nitrogen and oxygen atoms in total. The first-order chi connectivity index (χ1) is 8.69. The Labute approximate surface area is 121 Å². The van der Waals surface area contributed by atoms with E-state index in [9.17, 15) is 9.59 Å². The van der Waals surface area contributed by atoms with Crippen molar-refractivity contribution in [3.05, 3.63) is 34.3 Å². The first kappa shape index (κ1) is 15.7. The Morgan fingerprint density at radius 3 is 2.21 bits per heavy atom. The molecule has 19 heavy (non-hydrogen) atoms. The van der Waals surface area contributed by atoms with Gasteiger partial charge in [-0.1, -0.05) is 28.1 Å². The van der Waals surface area contributed by atoms with Gasteiger partial charge in [0, 0.05) is 4.47 Å². The predicted octanol–water partition coefficient (Wildman–Crippen LogP) is 3.60. The summed E-state index contributed by atoms with van der Waals surface area (Å²) in [6.45, 7) is 6.97. The van der Waals surface area contributed by atoms with Crippen molar-refractivity contribution in [2.45, 2.75) is 39.2 Å². The van der Waals surface area contributed by atoms with Gasteiger partial charge in [-0.2, -0.15) is 0 Å². The van der Waals surface area contributed by atoms with Crippen molar-refractivity contribution < 1.29 is 14.3 Å². The van der Waals surface area contributed by atoms with E-state index in [4.69, 9.17) is 4.74 Å². The third-order valence-corrected chi connectivity index (χ3v) is 2.92. The molecule has 0 aliphatic rings. The van der Waals surface area contributed by atoms with E-state index in [2.05, 4.69) is 21.2 Å². The van der Waals surface area contributed by atoms with Gasteiger partial charge in [0.25, 0.3) is 0 Å². The molecule has 0 saturated heterocycles. The van der Waals surface area contributed by atoms with Crippen LogP contribution in [0, 0.1) is 0 Å². The Bertz CT molecular complexity index is 463. The van der Waals surface area contributed by atoms with E-state index in [1.807, 2.05) is 24.3 Å². The zero-order chi connectivity index (χ0) is 14.6. The van der Waals surface area contributed by atoms with Crippen LogP contribution in [0.2, 0.25) is 0 Å². The minimum atomic E-state index is -0.721. The van der Waals surface area contributed by atoms with Crippen molar-refractivity contribution in [2.75, 3.05) is 0 Å². The number of ether oxygens (including phenoxy) is 1. The Balaban J connectivity index is 2.63. The first-order valence-electron chi connectivity index (χ1n) is 5.98. The van der Waals surface area contributed by atoms with Crippen LogP contribution in [0.3, 0.4) is 0 Å². The predicted molar refractivity (Wildman–Crippen MR) is 76.9 cm³/mol. The van der Waals surface area contributed by atoms with Crippen LogP contribution in [0.4, 0.5) is 4.79 Å². The first-order valence-corrected chi connectivity index (χ1v) is 6.77. The van der Waals surface area contributed by atoms with E-state index in [1.54, 1.807) is 27.7 Å². The number of hydrogen-bond donors (Lipinski definition) is 1. The number of halogens is 1. The summed E-state index contributed by atoms with van der Waals surface area (Å²) >= 11 is 3.33. The summed E-state index contributed by atoms with van der Waals surface area (Å²) in [6.07, 6.45) is -0.721. The third kappa shape index (κ3) is 5.42. The van der Waals surface area contributed by atoms with Crippen molar-refractivity contribution >= 4 is 27.9 Å². The molecule has 0 aliphatic heterocycles. The smallest absolute Gasteiger partial charge is 0.414 e. The van der Waals surface area contributed by atoms with Gasteiger partial charge in [-0.05, 0) is 45.4 Å². The van der Waals surface area contributed by atoms with Crippen LogP contribution in [0.5, 0.6) is 0 Å². The van der Waals surface area contributed by atoms with E-state index in [0.29, 0.717) is 0 Å². The molecule has 0 heterocycles. The number of hydrogen-bond acceptors (Lipinski definition) is 3. The summed E-state index contributed by atoms with van der Waals surface area (Å²) in [7, 11) is 0. The highest BCUT2D eigenvalue weighted by Gasteiger charge is 2.21. The van der Waals surface area contributed by atoms with Crippen LogP contribution < -0.4 is 5.32 Å². The van der Waals surface area contributed by atoms with Gasteiger partial charge in [-0.3, -0.25) is 10.1 Å². The minimum absolute atomic E-state index is 0.378. The van der Waals surface area contributed by atoms with Gasteiger partial charge < -0.3 is 4.74 Å². The van der Waals surface area contributed by atoms with E-state index in [-0.39, 0.29) is 5.91 Å². The lowest BCUT2D eigenvalue weighted by atomic mass is 10.0. The fourth-order valence-electron chi connectivity index (χ4n) is 1.42. The fourth-order valence-corrected chi connectivity index (χ4v) is 1.68. The average molecular weight is 328 g/mol. The molecule has 1 aromatic carbocycles. The monoisotopic (exact) mass is 327 g/mol. The van der Waals surface area contributed by atoms with Crippen LogP contribution in [-0.4, -0.2) is 17.6 Å². The molecule has 104 valence electrons. The maximum absolute atomic E-state index is 11.9. The molecule has 0 aromatic heterocycles. The second-order valence-corrected chi connectivity index (χ2v) is 6.18. The number of imide groups is 1. The molecule has 0 fully saturated rings. The largest absolute Gasteiger partial charge is 0.444 e. The van der Waals surface area contributed by atoms with Crippen molar-refractivity contribution in [1.82, 2.24) is 5.32 Å². The topological polar surface area (TPSA) is 55.4 Å². The molecule has 1 unspecified atom stereocenters. The number of carbonyl (C=O) groups excluding carboxylic acids is 2. The number of benzene rings is 1. The lowest BCUT2D eigenvalue weighted by Crippen LogP contribution is -2.38. The number of carbonyl (C=O) groups is 2. The molecule has 0 spiro atoms. The summed E-state index contributed by atoms with van der Waals surface area (Å²) < 4.78 is 5.98. The standard InChI is InChI=1S/C14H18BrNO3/c1-9(10-5-7-11(15)8-6-10)12(17)16-13(18)19-14(2,3)4/h5-9H,1-4H3,(H,16,17,18). The van der Waals surface area contributed by atoms with Gasteiger partial charge in [-0.15, -0.1) is 0 Å². The number of rotatable bonds is 2. The highest BCUT2D eigenvalue weighted by molar-refractivity contribution is 9.10. The maximum Gasteiger partial charge on any atom is 0.414 e. The molecule has 0 bridgehead atoms. The summed E-state index contributed by atoms with van der Waals surface area (Å²) in [5.74, 6) is -0.794. The van der Waals surface area contributed by atoms with E-state index in [0.717, 1.165) is 10.0 Å². The highest BCUT2D eigenvalue weighted by Crippen LogP contribution is 2.18. The molecule has 1 atom stereocenters. The zero-order valence-corrected chi connectivity index (χ0v) is 13.1. The second kappa shape index (κ2) is 6.19. The fraction of sp³-hybridized carbons (Fsp3) is 0.429. The van der Waals surface area contributed by atoms with Gasteiger partial charge in [0.2, 0.25) is 5.91 Å². The molecule has 0 radical (unpaired) electrons. The molecule has 0 aliphatic carbocycles. The summed E-state index contributed by atoms with van der Waals surface area (Å²) in [6, 6.07) is 7.38. The zero-order valence-electron chi connectivity index (χ0n) is 11.5. The molecule has 2 amide bonds. The van der Waals surface area contributed by atoms with E-state index >= 15 is 0 Å². The maximum atomic E-state index is 11.9. The number of alkyl carbamates (subject to hydrolysis) is 1. The lowest BCUT2D eigenvalue weighted by Gasteiger charge is -2.20. The number of nitrogens with one attached hydrogen (secondary N) is 1. The lowest BCUT2D eigenvalue weighted by molar-refractivity contribution is -0.121. The molecular formula is C14H18BrNO3. The van der Waals surface area contributed by atoms with Crippen molar-refractivity contribution in [2.24, 2.45) is 0 Å². The SMILES string of the molecule is CC(C(=O)NC(=O)OC(C)(C)C)c1ccc(Br)cc1. The summed E-state index contributed by atoms with van der Waals surface area (Å²) in [5.41, 5.74) is 0.217. The molecular weight excluding hydrogens is 310 g/mol. The van der Waals surface area contributed by atoms with Crippen molar-refractivity contribution in [3.8, 4) is 0 Å². The highest BCUT2D eigenvalue weighted by atomic mass is 79.9. The normalized spacial score (nSPS) is 12.7. The summed E-state index contributed by atoms with van der Waals surface area (Å²) in [5, 5.41) is 2.24. The number of amides is 2. The van der Waals surface area contributed by atoms with Gasteiger partial charge in [0.05, 0.1) is 5.92 Å². The van der Waals surface area contributed by atoms with Gasteiger partial charge in [0.1, 0.15) is 5.60 Å². The van der Waals surface area contributed by atoms with Crippen LogP contribution in [0.1, 0.15) is 39.2 Å². The average Bonchev–Trinajstić information content (AvgIpc) is 2.26. The summed E-state index contributed by atoms with van der Waals surface area (Å²) in [4.78, 5) is 23.4. The molecule has 5 heteroatoms. The molecule has 1 aromatic rings.